The van der Waals surface area contributed by atoms with Crippen molar-refractivity contribution in [3.8, 4) is 11.5 Å². The van der Waals surface area contributed by atoms with Crippen LogP contribution in [0.25, 0.3) is 0 Å². The maximum absolute atomic E-state index is 13.6. The summed E-state index contributed by atoms with van der Waals surface area (Å²) in [6.07, 6.45) is 2.55. The zero-order chi connectivity index (χ0) is 26.0. The molecule has 1 saturated heterocycles. The summed E-state index contributed by atoms with van der Waals surface area (Å²) in [7, 11) is 5.17. The third-order valence-electron chi connectivity index (χ3n) is 6.18. The number of benzene rings is 1. The number of piperidine rings is 1. The van der Waals surface area contributed by atoms with Gasteiger partial charge in [-0.05, 0) is 44.9 Å². The Hall–Kier alpha value is -2.79. The zero-order valence-corrected chi connectivity index (χ0v) is 21.5. The highest BCUT2D eigenvalue weighted by atomic mass is 16.5. The first-order valence-electron chi connectivity index (χ1n) is 12.1. The van der Waals surface area contributed by atoms with Crippen LogP contribution in [0.15, 0.2) is 18.2 Å². The molecule has 1 fully saturated rings. The van der Waals surface area contributed by atoms with Crippen LogP contribution in [0.3, 0.4) is 0 Å². The van der Waals surface area contributed by atoms with E-state index < -0.39 is 5.91 Å². The molecule has 11 heteroatoms. The van der Waals surface area contributed by atoms with Gasteiger partial charge in [-0.1, -0.05) is 0 Å². The third kappa shape index (κ3) is 8.43. The second-order valence-corrected chi connectivity index (χ2v) is 9.14. The van der Waals surface area contributed by atoms with E-state index in [1.54, 1.807) is 32.4 Å². The summed E-state index contributed by atoms with van der Waals surface area (Å²) in [6, 6.07) is 5.29. The molecule has 0 aliphatic carbocycles. The van der Waals surface area contributed by atoms with Crippen LogP contribution in [0, 0.1) is 0 Å². The van der Waals surface area contributed by atoms with Gasteiger partial charge in [0.05, 0.1) is 20.3 Å². The van der Waals surface area contributed by atoms with Crippen molar-refractivity contribution in [3.05, 3.63) is 23.8 Å². The summed E-state index contributed by atoms with van der Waals surface area (Å²) >= 11 is 0. The van der Waals surface area contributed by atoms with Crippen LogP contribution in [0.1, 0.15) is 49.9 Å². The Morgan fingerprint density at radius 3 is 2.54 bits per heavy atom. The number of nitrogens with one attached hydrogen (secondary N) is 1. The number of nitrogens with two attached hydrogens (primary N) is 1. The summed E-state index contributed by atoms with van der Waals surface area (Å²) in [4.78, 5) is 40.7. The second kappa shape index (κ2) is 13.9. The second-order valence-electron chi connectivity index (χ2n) is 9.14. The van der Waals surface area contributed by atoms with Crippen LogP contribution in [-0.2, 0) is 14.3 Å². The number of rotatable bonds is 13. The smallest absolute Gasteiger partial charge is 0.254 e. The van der Waals surface area contributed by atoms with Gasteiger partial charge in [0.15, 0.2) is 19.5 Å². The predicted molar refractivity (Wildman–Crippen MR) is 135 cm³/mol. The Morgan fingerprint density at radius 2 is 1.94 bits per heavy atom. The van der Waals surface area contributed by atoms with Gasteiger partial charge in [0.25, 0.3) is 5.91 Å². The molecule has 1 unspecified atom stereocenters. The van der Waals surface area contributed by atoms with Crippen molar-refractivity contribution in [3.63, 3.8) is 0 Å². The Morgan fingerprint density at radius 1 is 1.20 bits per heavy atom. The first kappa shape index (κ1) is 28.5. The molecule has 1 aromatic rings. The number of carbonyl (C=O) groups is 3. The standard InChI is InChI=1S/C24H39BN4O6/c1-16(2)29(19-8-7-18(28(25)15-19)13-23(31)27-14-22(26)30)24(32)17-6-9-20(34-4)21(12-17)35-11-5-10-33-3/h6,9,12,16,18-19H,5,7-8,10-11,13-15,25H2,1-4H3,(H2,26,30)(H,27,31)/t18-,19?/m0/s1. The van der Waals surface area contributed by atoms with E-state index in [-0.39, 0.29) is 42.9 Å². The molecule has 0 saturated carbocycles. The number of ether oxygens (including phenoxy) is 3. The number of primary amides is 1. The van der Waals surface area contributed by atoms with Gasteiger partial charge < -0.3 is 35.0 Å². The van der Waals surface area contributed by atoms with Crippen molar-refractivity contribution in [2.45, 2.75) is 57.7 Å². The van der Waals surface area contributed by atoms with E-state index in [1.807, 2.05) is 26.7 Å². The molecule has 1 aromatic carbocycles. The Bertz CT molecular complexity index is 868. The van der Waals surface area contributed by atoms with Crippen molar-refractivity contribution < 1.29 is 28.6 Å². The lowest BCUT2D eigenvalue weighted by Gasteiger charge is -2.44. The summed E-state index contributed by atoms with van der Waals surface area (Å²) in [5.41, 5.74) is 5.64. The lowest BCUT2D eigenvalue weighted by molar-refractivity contribution is -0.125. The van der Waals surface area contributed by atoms with Gasteiger partial charge in [-0.2, -0.15) is 0 Å². The first-order valence-corrected chi connectivity index (χ1v) is 12.1. The molecule has 1 aliphatic rings. The Balaban J connectivity index is 2.09. The molecule has 10 nitrogen and oxygen atoms in total. The van der Waals surface area contributed by atoms with Crippen LogP contribution in [0.2, 0.25) is 0 Å². The van der Waals surface area contributed by atoms with Gasteiger partial charge in [-0.15, -0.1) is 0 Å². The maximum atomic E-state index is 13.6. The van der Waals surface area contributed by atoms with Crippen molar-refractivity contribution in [1.82, 2.24) is 15.0 Å². The Labute approximate surface area is 208 Å². The van der Waals surface area contributed by atoms with E-state index in [0.717, 1.165) is 19.3 Å². The minimum absolute atomic E-state index is 0.00519. The van der Waals surface area contributed by atoms with Gasteiger partial charge in [0.2, 0.25) is 11.8 Å². The molecule has 0 bridgehead atoms. The van der Waals surface area contributed by atoms with E-state index in [1.165, 1.54) is 0 Å². The lowest BCUT2D eigenvalue weighted by atomic mass is 9.91. The first-order chi connectivity index (χ1) is 16.7. The number of methoxy groups -OCH3 is 2. The fraction of sp³-hybridized carbons (Fsp3) is 0.625. The van der Waals surface area contributed by atoms with Crippen LogP contribution in [-0.4, -0.2) is 94.1 Å². The number of carbonyl (C=O) groups excluding carboxylic acids is 3. The summed E-state index contributed by atoms with van der Waals surface area (Å²) in [5, 5.41) is 2.54. The number of hydrogen-bond donors (Lipinski definition) is 2. The fourth-order valence-electron chi connectivity index (χ4n) is 4.41. The molecule has 0 radical (unpaired) electrons. The summed E-state index contributed by atoms with van der Waals surface area (Å²) in [6.45, 7) is 5.55. The van der Waals surface area contributed by atoms with Gasteiger partial charge >= 0.3 is 0 Å². The van der Waals surface area contributed by atoms with Crippen molar-refractivity contribution in [1.29, 1.82) is 0 Å². The molecule has 35 heavy (non-hydrogen) atoms. The minimum Gasteiger partial charge on any atom is -0.493 e. The average molecular weight is 490 g/mol. The van der Waals surface area contributed by atoms with Gasteiger partial charge in [0.1, 0.15) is 0 Å². The monoisotopic (exact) mass is 490 g/mol. The maximum Gasteiger partial charge on any atom is 0.254 e. The highest BCUT2D eigenvalue weighted by Gasteiger charge is 2.34. The van der Waals surface area contributed by atoms with Crippen LogP contribution < -0.4 is 20.5 Å². The van der Waals surface area contributed by atoms with Crippen LogP contribution >= 0.6 is 0 Å². The third-order valence-corrected chi connectivity index (χ3v) is 6.18. The van der Waals surface area contributed by atoms with E-state index >= 15 is 0 Å². The number of nitrogens with zero attached hydrogens (tertiary/aromatic N) is 2. The molecule has 3 amide bonds. The van der Waals surface area contributed by atoms with Crippen molar-refractivity contribution in [2.24, 2.45) is 5.73 Å². The van der Waals surface area contributed by atoms with E-state index in [9.17, 15) is 14.4 Å². The van der Waals surface area contributed by atoms with E-state index in [0.29, 0.717) is 36.8 Å². The van der Waals surface area contributed by atoms with Crippen LogP contribution in [0.5, 0.6) is 11.5 Å². The average Bonchev–Trinajstić information content (AvgIpc) is 2.82. The molecule has 194 valence electrons. The molecule has 3 N–H and O–H groups in total. The van der Waals surface area contributed by atoms with Crippen molar-refractivity contribution >= 4 is 25.7 Å². The van der Waals surface area contributed by atoms with Gasteiger partial charge in [-0.3, -0.25) is 14.4 Å². The minimum atomic E-state index is -0.566. The van der Waals surface area contributed by atoms with Gasteiger partial charge in [-0.25, -0.2) is 0 Å². The quantitative estimate of drug-likeness (QED) is 0.302. The highest BCUT2D eigenvalue weighted by Crippen LogP contribution is 2.30. The van der Waals surface area contributed by atoms with Gasteiger partial charge in [0, 0.05) is 56.8 Å². The molecule has 1 aliphatic heterocycles. The number of amides is 3. The zero-order valence-electron chi connectivity index (χ0n) is 21.5. The molecule has 0 spiro atoms. The number of hydrogen-bond acceptors (Lipinski definition) is 7. The topological polar surface area (TPSA) is 123 Å². The van der Waals surface area contributed by atoms with E-state index in [4.69, 9.17) is 19.9 Å². The Kier molecular flexibility index (Phi) is 11.3. The molecule has 1 heterocycles. The highest BCUT2D eigenvalue weighted by molar-refractivity contribution is 6.05. The normalized spacial score (nSPS) is 18.2. The van der Waals surface area contributed by atoms with Crippen LogP contribution in [0.4, 0.5) is 0 Å². The molecule has 0 aromatic heterocycles. The summed E-state index contributed by atoms with van der Waals surface area (Å²) < 4.78 is 16.3. The van der Waals surface area contributed by atoms with Crippen molar-refractivity contribution in [2.75, 3.05) is 40.5 Å². The largest absolute Gasteiger partial charge is 0.493 e. The summed E-state index contributed by atoms with van der Waals surface area (Å²) in [5.74, 6) is 0.266. The lowest BCUT2D eigenvalue weighted by Crippen LogP contribution is -2.55. The fourth-order valence-corrected chi connectivity index (χ4v) is 4.41. The molecule has 2 atom stereocenters. The predicted octanol–water partition coefficient (Wildman–Crippen LogP) is 0.334. The molecular weight excluding hydrogens is 451 g/mol. The SMILES string of the molecule is BN1CC(N(C(=O)c2ccc(OC)c(OCCCOC)c2)C(C)C)CC[C@H]1CC(=O)NCC(N)=O. The van der Waals surface area contributed by atoms with E-state index in [2.05, 4.69) is 10.1 Å². The molecular formula is C24H39BN4O6. The molecule has 2 rings (SSSR count).